The maximum atomic E-state index is 12.7. The zero-order valence-electron chi connectivity index (χ0n) is 14.0. The van der Waals surface area contributed by atoms with Crippen LogP contribution in [0.3, 0.4) is 0 Å². The molecule has 24 heavy (non-hydrogen) atoms. The lowest BCUT2D eigenvalue weighted by Gasteiger charge is -2.25. The second kappa shape index (κ2) is 5.15. The molecule has 0 aromatic carbocycles. The number of aryl methyl sites for hydroxylation is 1. The summed E-state index contributed by atoms with van der Waals surface area (Å²) in [6.45, 7) is 6.08. The van der Waals surface area contributed by atoms with Crippen molar-refractivity contribution in [3.8, 4) is 11.5 Å². The predicted octanol–water partition coefficient (Wildman–Crippen LogP) is 2.35. The van der Waals surface area contributed by atoms with Crippen molar-refractivity contribution in [1.82, 2.24) is 29.7 Å². The average molecular weight is 324 g/mol. The highest BCUT2D eigenvalue weighted by molar-refractivity contribution is 5.98. The number of aromatic amines is 1. The summed E-state index contributed by atoms with van der Waals surface area (Å²) in [5.74, 6) is 1.04. The highest BCUT2D eigenvalue weighted by atomic mass is 16.2. The number of amides is 1. The highest BCUT2D eigenvalue weighted by Crippen LogP contribution is 2.39. The molecule has 3 aromatic rings. The van der Waals surface area contributed by atoms with Crippen molar-refractivity contribution in [2.24, 2.45) is 5.92 Å². The van der Waals surface area contributed by atoms with Crippen molar-refractivity contribution in [2.45, 2.75) is 39.2 Å². The number of imidazole rings is 2. The van der Waals surface area contributed by atoms with E-state index in [0.29, 0.717) is 28.8 Å². The van der Waals surface area contributed by atoms with Crippen molar-refractivity contribution < 1.29 is 4.79 Å². The normalized spacial score (nSPS) is 15.0. The molecule has 1 amide bonds. The van der Waals surface area contributed by atoms with Crippen LogP contribution in [0.2, 0.25) is 0 Å². The minimum atomic E-state index is -0.222. The third-order valence-electron chi connectivity index (χ3n) is 4.68. The standard InChI is InChI=1S/C17H20N6O/c1-10-8-12(14-18-6-7-19-14)21-15-13(20-9-23(10)15)16(24)22-17(2,3)11-4-5-11/h6-9,11H,4-5H2,1-3H3,(H,18,19)(H,22,24). The molecule has 0 spiro atoms. The number of nitrogens with one attached hydrogen (secondary N) is 2. The summed E-state index contributed by atoms with van der Waals surface area (Å²) < 4.78 is 1.82. The molecule has 3 heterocycles. The maximum Gasteiger partial charge on any atom is 0.274 e. The summed E-state index contributed by atoms with van der Waals surface area (Å²) in [5.41, 5.74) is 2.31. The Hall–Kier alpha value is -2.70. The Bertz CT molecular complexity index is 905. The van der Waals surface area contributed by atoms with Gasteiger partial charge in [-0.25, -0.2) is 15.0 Å². The van der Waals surface area contributed by atoms with Crippen LogP contribution in [-0.2, 0) is 0 Å². The molecule has 1 saturated carbocycles. The number of hydrogen-bond donors (Lipinski definition) is 2. The Kier molecular flexibility index (Phi) is 3.19. The molecule has 0 saturated heterocycles. The number of hydrogen-bond acceptors (Lipinski definition) is 4. The van der Waals surface area contributed by atoms with E-state index in [4.69, 9.17) is 0 Å². The largest absolute Gasteiger partial charge is 0.345 e. The Morgan fingerprint density at radius 1 is 1.38 bits per heavy atom. The van der Waals surface area contributed by atoms with Crippen LogP contribution in [0.15, 0.2) is 24.8 Å². The van der Waals surface area contributed by atoms with Crippen LogP contribution in [0.1, 0.15) is 42.9 Å². The molecule has 2 N–H and O–H groups in total. The van der Waals surface area contributed by atoms with Crippen molar-refractivity contribution in [2.75, 3.05) is 0 Å². The molecule has 4 rings (SSSR count). The smallest absolute Gasteiger partial charge is 0.274 e. The van der Waals surface area contributed by atoms with Gasteiger partial charge in [-0.2, -0.15) is 0 Å². The summed E-state index contributed by atoms with van der Waals surface area (Å²) in [4.78, 5) is 28.9. The molecule has 1 aliphatic rings. The first kappa shape index (κ1) is 14.9. The minimum Gasteiger partial charge on any atom is -0.345 e. The van der Waals surface area contributed by atoms with Crippen LogP contribution in [0, 0.1) is 12.8 Å². The fraction of sp³-hybridized carbons (Fsp3) is 0.412. The topological polar surface area (TPSA) is 88.0 Å². The minimum absolute atomic E-state index is 0.183. The third-order valence-corrected chi connectivity index (χ3v) is 4.68. The summed E-state index contributed by atoms with van der Waals surface area (Å²) >= 11 is 0. The van der Waals surface area contributed by atoms with E-state index in [0.717, 1.165) is 18.5 Å². The molecule has 0 unspecified atom stereocenters. The second-order valence-corrected chi connectivity index (χ2v) is 6.96. The van der Waals surface area contributed by atoms with E-state index < -0.39 is 0 Å². The lowest BCUT2D eigenvalue weighted by Crippen LogP contribution is -2.45. The Morgan fingerprint density at radius 2 is 2.17 bits per heavy atom. The molecule has 1 aliphatic carbocycles. The molecule has 0 bridgehead atoms. The number of nitrogens with zero attached hydrogens (tertiary/aromatic N) is 4. The summed E-state index contributed by atoms with van der Waals surface area (Å²) in [7, 11) is 0. The van der Waals surface area contributed by atoms with Gasteiger partial charge >= 0.3 is 0 Å². The van der Waals surface area contributed by atoms with E-state index in [2.05, 4.69) is 39.1 Å². The Labute approximate surface area is 139 Å². The predicted molar refractivity (Wildman–Crippen MR) is 89.6 cm³/mol. The molecule has 3 aromatic heterocycles. The monoisotopic (exact) mass is 324 g/mol. The third kappa shape index (κ3) is 2.46. The zero-order chi connectivity index (χ0) is 16.9. The fourth-order valence-electron chi connectivity index (χ4n) is 3.07. The molecular weight excluding hydrogens is 304 g/mol. The van der Waals surface area contributed by atoms with Gasteiger partial charge in [-0.05, 0) is 45.6 Å². The van der Waals surface area contributed by atoms with Gasteiger partial charge in [-0.1, -0.05) is 0 Å². The van der Waals surface area contributed by atoms with Crippen LogP contribution >= 0.6 is 0 Å². The van der Waals surface area contributed by atoms with Gasteiger partial charge in [0.25, 0.3) is 5.91 Å². The van der Waals surface area contributed by atoms with Crippen LogP contribution in [-0.4, -0.2) is 35.8 Å². The first-order valence-corrected chi connectivity index (χ1v) is 8.12. The second-order valence-electron chi connectivity index (χ2n) is 6.96. The van der Waals surface area contributed by atoms with Gasteiger partial charge < -0.3 is 10.3 Å². The van der Waals surface area contributed by atoms with E-state index in [1.807, 2.05) is 17.4 Å². The highest BCUT2D eigenvalue weighted by Gasteiger charge is 2.39. The fourth-order valence-corrected chi connectivity index (χ4v) is 3.07. The van der Waals surface area contributed by atoms with E-state index in [1.54, 1.807) is 18.7 Å². The first-order valence-electron chi connectivity index (χ1n) is 8.12. The van der Waals surface area contributed by atoms with E-state index in [1.165, 1.54) is 0 Å². The first-order chi connectivity index (χ1) is 11.5. The SMILES string of the molecule is Cc1cc(-c2ncc[nH]2)nc2c(C(=O)NC(C)(C)C3CC3)ncn12. The zero-order valence-corrected chi connectivity index (χ0v) is 14.0. The van der Waals surface area contributed by atoms with Gasteiger partial charge in [0.05, 0.1) is 0 Å². The molecule has 1 fully saturated rings. The van der Waals surface area contributed by atoms with Gasteiger partial charge in [-0.3, -0.25) is 9.20 Å². The number of rotatable bonds is 4. The van der Waals surface area contributed by atoms with E-state index in [9.17, 15) is 4.79 Å². The van der Waals surface area contributed by atoms with Crippen molar-refractivity contribution >= 4 is 11.6 Å². The summed E-state index contributed by atoms with van der Waals surface area (Å²) in [6.07, 6.45) is 7.40. The number of aromatic nitrogens is 5. The lowest BCUT2D eigenvalue weighted by atomic mass is 9.98. The number of fused-ring (bicyclic) bond motifs is 1. The quantitative estimate of drug-likeness (QED) is 0.771. The Morgan fingerprint density at radius 3 is 2.83 bits per heavy atom. The molecule has 7 nitrogen and oxygen atoms in total. The van der Waals surface area contributed by atoms with Crippen molar-refractivity contribution in [3.05, 3.63) is 36.2 Å². The number of carbonyl (C=O) groups excluding carboxylic acids is 1. The summed E-state index contributed by atoms with van der Waals surface area (Å²) in [6, 6.07) is 1.92. The summed E-state index contributed by atoms with van der Waals surface area (Å²) in [5, 5.41) is 3.11. The van der Waals surface area contributed by atoms with Crippen LogP contribution < -0.4 is 5.32 Å². The van der Waals surface area contributed by atoms with Crippen LogP contribution in [0.5, 0.6) is 0 Å². The molecule has 0 aliphatic heterocycles. The molecule has 7 heteroatoms. The van der Waals surface area contributed by atoms with Crippen LogP contribution in [0.4, 0.5) is 0 Å². The molecule has 124 valence electrons. The molecular formula is C17H20N6O. The maximum absolute atomic E-state index is 12.7. The van der Waals surface area contributed by atoms with Gasteiger partial charge in [0.1, 0.15) is 12.0 Å². The number of H-pyrrole nitrogens is 1. The average Bonchev–Trinajstić information content (AvgIpc) is 3.09. The Balaban J connectivity index is 1.74. The van der Waals surface area contributed by atoms with E-state index >= 15 is 0 Å². The molecule has 0 radical (unpaired) electrons. The van der Waals surface area contributed by atoms with E-state index in [-0.39, 0.29) is 11.4 Å². The van der Waals surface area contributed by atoms with Crippen LogP contribution in [0.25, 0.3) is 17.2 Å². The van der Waals surface area contributed by atoms with Crippen molar-refractivity contribution in [3.63, 3.8) is 0 Å². The molecule has 0 atom stereocenters. The van der Waals surface area contributed by atoms with Gasteiger partial charge in [0, 0.05) is 23.6 Å². The van der Waals surface area contributed by atoms with Crippen molar-refractivity contribution in [1.29, 1.82) is 0 Å². The van der Waals surface area contributed by atoms with Gasteiger partial charge in [0.15, 0.2) is 17.2 Å². The number of carbonyl (C=O) groups is 1. The van der Waals surface area contributed by atoms with Gasteiger partial charge in [-0.15, -0.1) is 0 Å². The van der Waals surface area contributed by atoms with Gasteiger partial charge in [0.2, 0.25) is 0 Å². The lowest BCUT2D eigenvalue weighted by molar-refractivity contribution is 0.0900.